The first-order chi connectivity index (χ1) is 9.30. The third-order valence-corrected chi connectivity index (χ3v) is 2.78. The number of nitrogens with zero attached hydrogens (tertiary/aromatic N) is 2. The molecule has 0 bridgehead atoms. The molecule has 2 N–H and O–H groups in total. The molecular weight excluding hydrogens is 274 g/mol. The van der Waals surface area contributed by atoms with E-state index in [4.69, 9.17) is 5.73 Å². The Morgan fingerprint density at radius 2 is 1.80 bits per heavy atom. The molecule has 0 saturated carbocycles. The van der Waals surface area contributed by atoms with E-state index >= 15 is 0 Å². The van der Waals surface area contributed by atoms with Crippen LogP contribution < -0.4 is 10.6 Å². The van der Waals surface area contributed by atoms with E-state index in [0.717, 1.165) is 12.3 Å². The Balaban J connectivity index is 2.50. The minimum Gasteiger partial charge on any atom is -0.396 e. The average Bonchev–Trinajstić information content (AvgIpc) is 2.37. The van der Waals surface area contributed by atoms with Crippen molar-refractivity contribution in [3.05, 3.63) is 48.0 Å². The van der Waals surface area contributed by atoms with E-state index in [1.54, 1.807) is 6.07 Å². The lowest BCUT2D eigenvalue weighted by molar-refractivity contribution is -0.141. The van der Waals surface area contributed by atoms with Crippen molar-refractivity contribution in [1.82, 2.24) is 4.98 Å². The Bertz CT molecular complexity index is 625. The van der Waals surface area contributed by atoms with E-state index in [0.29, 0.717) is 0 Å². The minimum atomic E-state index is -4.58. The monoisotopic (exact) mass is 285 g/mol. The van der Waals surface area contributed by atoms with Crippen molar-refractivity contribution in [2.24, 2.45) is 0 Å². The van der Waals surface area contributed by atoms with E-state index in [1.165, 1.54) is 30.1 Å². The molecule has 20 heavy (non-hydrogen) atoms. The van der Waals surface area contributed by atoms with Crippen molar-refractivity contribution < 1.29 is 17.6 Å². The van der Waals surface area contributed by atoms with Gasteiger partial charge in [-0.05, 0) is 18.2 Å². The van der Waals surface area contributed by atoms with Crippen LogP contribution in [0.3, 0.4) is 0 Å². The summed E-state index contributed by atoms with van der Waals surface area (Å²) in [4.78, 5) is 4.49. The molecule has 2 aromatic rings. The van der Waals surface area contributed by atoms with Crippen LogP contribution in [-0.4, -0.2) is 12.0 Å². The highest BCUT2D eigenvalue weighted by molar-refractivity contribution is 5.74. The second-order valence-electron chi connectivity index (χ2n) is 4.14. The van der Waals surface area contributed by atoms with Crippen molar-refractivity contribution in [3.8, 4) is 0 Å². The predicted molar refractivity (Wildman–Crippen MR) is 68.1 cm³/mol. The molecule has 7 heteroatoms. The molecule has 1 aromatic heterocycles. The molecule has 0 radical (unpaired) electrons. The standard InChI is InChI=1S/C13H11F4N3/c1-20(10-5-3-2-4-8(10)14)11-6-12(13(15,16)17)19-7-9(11)18/h2-7H,18H2,1H3. The molecule has 106 valence electrons. The van der Waals surface area contributed by atoms with Gasteiger partial charge in [-0.2, -0.15) is 13.2 Å². The van der Waals surface area contributed by atoms with Crippen LogP contribution >= 0.6 is 0 Å². The minimum absolute atomic E-state index is 0.0313. The zero-order chi connectivity index (χ0) is 14.9. The van der Waals surface area contributed by atoms with Gasteiger partial charge in [-0.25, -0.2) is 9.37 Å². The summed E-state index contributed by atoms with van der Waals surface area (Å²) in [5.41, 5.74) is 4.74. The number of aromatic nitrogens is 1. The van der Waals surface area contributed by atoms with Crippen LogP contribution in [0.5, 0.6) is 0 Å². The second kappa shape index (κ2) is 4.99. The van der Waals surface area contributed by atoms with Crippen molar-refractivity contribution >= 4 is 17.1 Å². The van der Waals surface area contributed by atoms with Gasteiger partial charge in [0, 0.05) is 7.05 Å². The lowest BCUT2D eigenvalue weighted by Crippen LogP contribution is -2.16. The third-order valence-electron chi connectivity index (χ3n) is 2.78. The van der Waals surface area contributed by atoms with Crippen LogP contribution in [0.1, 0.15) is 5.69 Å². The van der Waals surface area contributed by atoms with Gasteiger partial charge < -0.3 is 10.6 Å². The molecule has 0 atom stereocenters. The summed E-state index contributed by atoms with van der Waals surface area (Å²) in [7, 11) is 1.43. The summed E-state index contributed by atoms with van der Waals surface area (Å²) in [6, 6.07) is 6.53. The summed E-state index contributed by atoms with van der Waals surface area (Å²) < 4.78 is 51.6. The second-order valence-corrected chi connectivity index (χ2v) is 4.14. The summed E-state index contributed by atoms with van der Waals surface area (Å²) in [5.74, 6) is -0.556. The molecule has 0 spiro atoms. The zero-order valence-electron chi connectivity index (χ0n) is 10.4. The molecular formula is C13H11F4N3. The van der Waals surface area contributed by atoms with Gasteiger partial charge in [-0.1, -0.05) is 12.1 Å². The maximum Gasteiger partial charge on any atom is 0.433 e. The van der Waals surface area contributed by atoms with Gasteiger partial charge in [-0.15, -0.1) is 0 Å². The first-order valence-electron chi connectivity index (χ1n) is 5.61. The smallest absolute Gasteiger partial charge is 0.396 e. The topological polar surface area (TPSA) is 42.2 Å². The lowest BCUT2D eigenvalue weighted by atomic mass is 10.2. The van der Waals surface area contributed by atoms with Gasteiger partial charge in [0.15, 0.2) is 0 Å². The maximum absolute atomic E-state index is 13.7. The summed E-state index contributed by atoms with van der Waals surface area (Å²) in [6.45, 7) is 0. The van der Waals surface area contributed by atoms with E-state index in [-0.39, 0.29) is 17.1 Å². The lowest BCUT2D eigenvalue weighted by Gasteiger charge is -2.22. The fourth-order valence-corrected chi connectivity index (χ4v) is 1.75. The molecule has 0 aliphatic carbocycles. The van der Waals surface area contributed by atoms with Crippen LogP contribution in [0, 0.1) is 5.82 Å². The van der Waals surface area contributed by atoms with Crippen LogP contribution in [-0.2, 0) is 6.18 Å². The first-order valence-corrected chi connectivity index (χ1v) is 5.61. The molecule has 0 aliphatic rings. The Morgan fingerprint density at radius 3 is 2.40 bits per heavy atom. The zero-order valence-corrected chi connectivity index (χ0v) is 10.4. The summed E-state index contributed by atoms with van der Waals surface area (Å²) in [6.07, 6.45) is -3.67. The van der Waals surface area contributed by atoms with Gasteiger partial charge in [0.05, 0.1) is 23.3 Å². The number of nitrogen functional groups attached to an aromatic ring is 1. The highest BCUT2D eigenvalue weighted by Gasteiger charge is 2.33. The number of alkyl halides is 3. The Kier molecular flexibility index (Phi) is 3.52. The van der Waals surface area contributed by atoms with Gasteiger partial charge in [0.25, 0.3) is 0 Å². The quantitative estimate of drug-likeness (QED) is 0.857. The number of halogens is 4. The van der Waals surface area contributed by atoms with Crippen LogP contribution in [0.25, 0.3) is 0 Å². The van der Waals surface area contributed by atoms with Gasteiger partial charge in [-0.3, -0.25) is 0 Å². The fourth-order valence-electron chi connectivity index (χ4n) is 1.75. The Hall–Kier alpha value is -2.31. The number of hydrogen-bond acceptors (Lipinski definition) is 3. The maximum atomic E-state index is 13.7. The molecule has 2 rings (SSSR count). The number of anilines is 3. The number of para-hydroxylation sites is 1. The summed E-state index contributed by atoms with van der Waals surface area (Å²) >= 11 is 0. The predicted octanol–water partition coefficient (Wildman–Crippen LogP) is 3.59. The Morgan fingerprint density at radius 1 is 1.15 bits per heavy atom. The first kappa shape index (κ1) is 14.1. The van der Waals surface area contributed by atoms with E-state index in [1.807, 2.05) is 0 Å². The highest BCUT2D eigenvalue weighted by atomic mass is 19.4. The number of nitrogens with two attached hydrogens (primary N) is 1. The Labute approximate surface area is 112 Å². The molecule has 3 nitrogen and oxygen atoms in total. The molecule has 1 heterocycles. The van der Waals surface area contributed by atoms with E-state index in [2.05, 4.69) is 4.98 Å². The molecule has 0 amide bonds. The van der Waals surface area contributed by atoms with Crippen molar-refractivity contribution in [2.75, 3.05) is 17.7 Å². The molecule has 1 aromatic carbocycles. The van der Waals surface area contributed by atoms with Gasteiger partial charge in [0.1, 0.15) is 11.5 Å². The van der Waals surface area contributed by atoms with Gasteiger partial charge in [0.2, 0.25) is 0 Å². The fraction of sp³-hybridized carbons (Fsp3) is 0.154. The highest BCUT2D eigenvalue weighted by Crippen LogP contribution is 2.35. The summed E-state index contributed by atoms with van der Waals surface area (Å²) in [5, 5.41) is 0. The van der Waals surface area contributed by atoms with Crippen LogP contribution in [0.15, 0.2) is 36.5 Å². The van der Waals surface area contributed by atoms with Crippen molar-refractivity contribution in [1.29, 1.82) is 0 Å². The number of pyridine rings is 1. The number of rotatable bonds is 2. The molecule has 0 aliphatic heterocycles. The number of benzene rings is 1. The van der Waals surface area contributed by atoms with E-state index < -0.39 is 17.7 Å². The molecule has 0 fully saturated rings. The van der Waals surface area contributed by atoms with Crippen LogP contribution in [0.4, 0.5) is 34.6 Å². The molecule has 0 saturated heterocycles. The SMILES string of the molecule is CN(c1cc(C(F)(F)F)ncc1N)c1ccccc1F. The average molecular weight is 285 g/mol. The van der Waals surface area contributed by atoms with E-state index in [9.17, 15) is 17.6 Å². The normalized spacial score (nSPS) is 11.4. The number of hydrogen-bond donors (Lipinski definition) is 1. The van der Waals surface area contributed by atoms with Crippen LogP contribution in [0.2, 0.25) is 0 Å². The third kappa shape index (κ3) is 2.66. The van der Waals surface area contributed by atoms with Gasteiger partial charge >= 0.3 is 6.18 Å². The van der Waals surface area contributed by atoms with Crippen molar-refractivity contribution in [2.45, 2.75) is 6.18 Å². The molecule has 0 unspecified atom stereocenters. The van der Waals surface area contributed by atoms with Crippen molar-refractivity contribution in [3.63, 3.8) is 0 Å². The largest absolute Gasteiger partial charge is 0.433 e.